The third-order valence-electron chi connectivity index (χ3n) is 7.60. The van der Waals surface area contributed by atoms with Crippen molar-refractivity contribution in [1.29, 1.82) is 0 Å². The third kappa shape index (κ3) is 9.20. The molecular weight excluding hydrogens is 513 g/mol. The SMILES string of the molecule is CCCCCCCCCCCCCCCCN1C(=O)C(=O)/C(=C(/O)c2ccc(Cl)cc2)[C@@H]1c1ccc(F)cc1. The fourth-order valence-electron chi connectivity index (χ4n) is 5.34. The Morgan fingerprint density at radius 1 is 0.769 bits per heavy atom. The number of aliphatic hydroxyl groups excluding tert-OH is 1. The molecular formula is C33H43ClFNO3. The molecule has 0 spiro atoms. The van der Waals surface area contributed by atoms with Crippen molar-refractivity contribution >= 4 is 29.1 Å². The number of carbonyl (C=O) groups is 2. The second-order valence-electron chi connectivity index (χ2n) is 10.6. The Morgan fingerprint density at radius 2 is 1.26 bits per heavy atom. The Bertz CT molecular complexity index is 1080. The molecule has 0 aliphatic carbocycles. The summed E-state index contributed by atoms with van der Waals surface area (Å²) in [7, 11) is 0. The van der Waals surface area contributed by atoms with E-state index in [2.05, 4.69) is 6.92 Å². The number of nitrogens with zero attached hydrogens (tertiary/aromatic N) is 1. The van der Waals surface area contributed by atoms with Gasteiger partial charge in [0, 0.05) is 17.1 Å². The van der Waals surface area contributed by atoms with E-state index in [1.165, 1.54) is 87.7 Å². The molecule has 0 radical (unpaired) electrons. The lowest BCUT2D eigenvalue weighted by atomic mass is 9.95. The van der Waals surface area contributed by atoms with Crippen molar-refractivity contribution in [2.75, 3.05) is 6.54 Å². The molecule has 1 fully saturated rings. The van der Waals surface area contributed by atoms with Crippen LogP contribution in [0, 0.1) is 5.82 Å². The number of benzene rings is 2. The maximum Gasteiger partial charge on any atom is 0.295 e. The zero-order valence-electron chi connectivity index (χ0n) is 23.3. The number of unbranched alkanes of at least 4 members (excludes halogenated alkanes) is 13. The summed E-state index contributed by atoms with van der Waals surface area (Å²) in [5, 5.41) is 11.6. The molecule has 212 valence electrons. The van der Waals surface area contributed by atoms with Crippen molar-refractivity contribution in [3.8, 4) is 0 Å². The van der Waals surface area contributed by atoms with Crippen molar-refractivity contribution in [2.45, 2.75) is 103 Å². The van der Waals surface area contributed by atoms with E-state index in [9.17, 15) is 19.1 Å². The molecule has 4 nitrogen and oxygen atoms in total. The molecule has 1 atom stereocenters. The molecule has 0 saturated carbocycles. The molecule has 1 aliphatic rings. The lowest BCUT2D eigenvalue weighted by molar-refractivity contribution is -0.139. The second-order valence-corrected chi connectivity index (χ2v) is 11.1. The highest BCUT2D eigenvalue weighted by atomic mass is 35.5. The van der Waals surface area contributed by atoms with Gasteiger partial charge in [-0.25, -0.2) is 4.39 Å². The van der Waals surface area contributed by atoms with Crippen molar-refractivity contribution < 1.29 is 19.1 Å². The van der Waals surface area contributed by atoms with E-state index in [0.29, 0.717) is 22.7 Å². The van der Waals surface area contributed by atoms with Crippen LogP contribution in [0.1, 0.15) is 114 Å². The van der Waals surface area contributed by atoms with Crippen LogP contribution < -0.4 is 0 Å². The number of hydrogen-bond acceptors (Lipinski definition) is 3. The summed E-state index contributed by atoms with van der Waals surface area (Å²) in [6.45, 7) is 2.66. The molecule has 39 heavy (non-hydrogen) atoms. The van der Waals surface area contributed by atoms with Gasteiger partial charge in [-0.1, -0.05) is 114 Å². The van der Waals surface area contributed by atoms with Gasteiger partial charge >= 0.3 is 0 Å². The number of rotatable bonds is 17. The van der Waals surface area contributed by atoms with Gasteiger partial charge in [0.25, 0.3) is 11.7 Å². The molecule has 1 N–H and O–H groups in total. The Labute approximate surface area is 238 Å². The summed E-state index contributed by atoms with van der Waals surface area (Å²) < 4.78 is 13.7. The van der Waals surface area contributed by atoms with Crippen LogP contribution in [0.15, 0.2) is 54.1 Å². The Kier molecular flexibility index (Phi) is 13.0. The average Bonchev–Trinajstić information content (AvgIpc) is 3.18. The zero-order valence-corrected chi connectivity index (χ0v) is 24.0. The van der Waals surface area contributed by atoms with Crippen molar-refractivity contribution in [3.05, 3.63) is 76.1 Å². The first-order chi connectivity index (χ1) is 18.9. The minimum atomic E-state index is -0.761. The van der Waals surface area contributed by atoms with E-state index in [-0.39, 0.29) is 11.3 Å². The summed E-state index contributed by atoms with van der Waals surface area (Å²) in [5.41, 5.74) is 1.02. The van der Waals surface area contributed by atoms with Crippen LogP contribution in [0.5, 0.6) is 0 Å². The first kappa shape index (κ1) is 30.9. The van der Waals surface area contributed by atoms with Crippen LogP contribution in [0.4, 0.5) is 4.39 Å². The van der Waals surface area contributed by atoms with E-state index in [1.807, 2.05) is 0 Å². The average molecular weight is 556 g/mol. The summed E-state index contributed by atoms with van der Waals surface area (Å²) in [6, 6.07) is 11.5. The minimum Gasteiger partial charge on any atom is -0.507 e. The lowest BCUT2D eigenvalue weighted by Gasteiger charge is -2.25. The molecule has 3 rings (SSSR count). The first-order valence-corrected chi connectivity index (χ1v) is 15.1. The second kappa shape index (κ2) is 16.4. The Morgan fingerprint density at radius 3 is 1.77 bits per heavy atom. The van der Waals surface area contributed by atoms with Gasteiger partial charge in [0.05, 0.1) is 11.6 Å². The number of likely N-dealkylation sites (tertiary alicyclic amines) is 1. The molecule has 6 heteroatoms. The highest BCUT2D eigenvalue weighted by Crippen LogP contribution is 2.39. The van der Waals surface area contributed by atoms with Gasteiger partial charge in [-0.05, 0) is 48.4 Å². The molecule has 1 heterocycles. The molecule has 0 bridgehead atoms. The Balaban J connectivity index is 1.52. The first-order valence-electron chi connectivity index (χ1n) is 14.7. The fourth-order valence-corrected chi connectivity index (χ4v) is 5.47. The van der Waals surface area contributed by atoms with Gasteiger partial charge in [-0.3, -0.25) is 9.59 Å². The molecule has 1 aliphatic heterocycles. The fraction of sp³-hybridized carbons (Fsp3) is 0.515. The number of halogens is 2. The maximum absolute atomic E-state index is 13.7. The maximum atomic E-state index is 13.7. The van der Waals surface area contributed by atoms with Gasteiger partial charge in [0.1, 0.15) is 11.6 Å². The third-order valence-corrected chi connectivity index (χ3v) is 7.85. The van der Waals surface area contributed by atoms with Crippen LogP contribution in [0.3, 0.4) is 0 Å². The quantitative estimate of drug-likeness (QED) is 0.0915. The lowest BCUT2D eigenvalue weighted by Crippen LogP contribution is -2.30. The number of aliphatic hydroxyl groups is 1. The number of hydrogen-bond donors (Lipinski definition) is 1. The molecule has 1 saturated heterocycles. The summed E-state index contributed by atoms with van der Waals surface area (Å²) in [5.74, 6) is -2.00. The Hall–Kier alpha value is -2.66. The largest absolute Gasteiger partial charge is 0.507 e. The highest BCUT2D eigenvalue weighted by Gasteiger charge is 2.45. The highest BCUT2D eigenvalue weighted by molar-refractivity contribution is 6.46. The van der Waals surface area contributed by atoms with Crippen molar-refractivity contribution in [1.82, 2.24) is 4.90 Å². The van der Waals surface area contributed by atoms with E-state index < -0.39 is 23.5 Å². The standard InChI is InChI=1S/C33H43ClFNO3/c1-2-3-4-5-6-7-8-9-10-11-12-13-14-15-24-36-30(25-18-22-28(35)23-19-25)29(32(38)33(36)39)31(37)26-16-20-27(34)21-17-26/h16-23,30,37H,2-15,24H2,1H3/b31-29+/t30-/m0/s1. The van der Waals surface area contributed by atoms with Gasteiger partial charge in [0.2, 0.25) is 0 Å². The van der Waals surface area contributed by atoms with Gasteiger partial charge in [0.15, 0.2) is 0 Å². The molecule has 1 amide bonds. The summed E-state index contributed by atoms with van der Waals surface area (Å²) in [6.07, 6.45) is 17.3. The molecule has 2 aromatic carbocycles. The number of ketones is 1. The van der Waals surface area contributed by atoms with Gasteiger partial charge in [-0.15, -0.1) is 0 Å². The van der Waals surface area contributed by atoms with Crippen molar-refractivity contribution in [2.24, 2.45) is 0 Å². The van der Waals surface area contributed by atoms with Crippen molar-refractivity contribution in [3.63, 3.8) is 0 Å². The minimum absolute atomic E-state index is 0.0271. The van der Waals surface area contributed by atoms with Crippen LogP contribution in [-0.4, -0.2) is 28.2 Å². The molecule has 0 unspecified atom stereocenters. The van der Waals surface area contributed by atoms with Gasteiger partial charge in [-0.2, -0.15) is 0 Å². The number of Topliss-reactive ketones (excluding diaryl/α,β-unsaturated/α-hetero) is 1. The van der Waals surface area contributed by atoms with Crippen LogP contribution in [0.25, 0.3) is 5.76 Å². The zero-order chi connectivity index (χ0) is 28.0. The number of amides is 1. The predicted octanol–water partition coefficient (Wildman–Crippen LogP) is 9.38. The monoisotopic (exact) mass is 555 g/mol. The summed E-state index contributed by atoms with van der Waals surface area (Å²) in [4.78, 5) is 27.7. The van der Waals surface area contributed by atoms with E-state index in [0.717, 1.165) is 19.3 Å². The molecule has 2 aromatic rings. The van der Waals surface area contributed by atoms with E-state index >= 15 is 0 Å². The van der Waals surface area contributed by atoms with E-state index in [4.69, 9.17) is 11.6 Å². The smallest absolute Gasteiger partial charge is 0.295 e. The summed E-state index contributed by atoms with van der Waals surface area (Å²) >= 11 is 5.98. The molecule has 0 aromatic heterocycles. The van der Waals surface area contributed by atoms with Crippen LogP contribution >= 0.6 is 11.6 Å². The topological polar surface area (TPSA) is 57.6 Å². The van der Waals surface area contributed by atoms with Gasteiger partial charge < -0.3 is 10.0 Å². The van der Waals surface area contributed by atoms with Crippen LogP contribution in [0.2, 0.25) is 5.02 Å². The van der Waals surface area contributed by atoms with E-state index in [1.54, 1.807) is 36.4 Å². The number of carbonyl (C=O) groups excluding carboxylic acids is 2. The predicted molar refractivity (Wildman–Crippen MR) is 157 cm³/mol. The van der Waals surface area contributed by atoms with Crippen LogP contribution in [-0.2, 0) is 9.59 Å². The normalized spacial score (nSPS) is 16.8.